The zero-order chi connectivity index (χ0) is 28.7. The lowest BCUT2D eigenvalue weighted by molar-refractivity contribution is -0.116. The molecule has 7 heteroatoms. The van der Waals surface area contributed by atoms with Gasteiger partial charge in [0.15, 0.2) is 0 Å². The van der Waals surface area contributed by atoms with Crippen LogP contribution in [0.15, 0.2) is 71.5 Å². The molecule has 0 bridgehead atoms. The summed E-state index contributed by atoms with van der Waals surface area (Å²) in [5, 5.41) is 7.56. The van der Waals surface area contributed by atoms with Crippen LogP contribution in [-0.2, 0) is 36.1 Å². The van der Waals surface area contributed by atoms with Gasteiger partial charge in [0.25, 0.3) is 0 Å². The Kier molecular flexibility index (Phi) is 9.35. The van der Waals surface area contributed by atoms with Gasteiger partial charge in [-0.2, -0.15) is 5.10 Å². The van der Waals surface area contributed by atoms with Crippen LogP contribution in [0.5, 0.6) is 0 Å². The van der Waals surface area contributed by atoms with Crippen molar-refractivity contribution in [1.29, 1.82) is 0 Å². The fourth-order valence-electron chi connectivity index (χ4n) is 4.76. The summed E-state index contributed by atoms with van der Waals surface area (Å²) in [5.74, 6) is 1.39. The fourth-order valence-corrected chi connectivity index (χ4v) is 4.76. The Morgan fingerprint density at radius 1 is 0.900 bits per heavy atom. The van der Waals surface area contributed by atoms with Crippen LogP contribution in [0.4, 0.5) is 5.82 Å². The second-order valence-electron chi connectivity index (χ2n) is 11.3. The number of nitrogens with zero attached hydrogens (tertiary/aromatic N) is 4. The Labute approximate surface area is 237 Å². The Balaban J connectivity index is 1.37. The third-order valence-electron chi connectivity index (χ3n) is 7.08. The molecule has 0 saturated carbocycles. The summed E-state index contributed by atoms with van der Waals surface area (Å²) in [7, 11) is 0. The summed E-state index contributed by atoms with van der Waals surface area (Å²) in [6, 6.07) is 22.5. The number of nitrogens with one attached hydrogen (secondary N) is 1. The second kappa shape index (κ2) is 12.9. The summed E-state index contributed by atoms with van der Waals surface area (Å²) in [6.45, 7) is 11.6. The normalized spacial score (nSPS) is 11.5. The highest BCUT2D eigenvalue weighted by Crippen LogP contribution is 2.23. The van der Waals surface area contributed by atoms with Crippen molar-refractivity contribution in [2.45, 2.75) is 85.2 Å². The first-order valence-electron chi connectivity index (χ1n) is 14.3. The number of benzene rings is 2. The lowest BCUT2D eigenvalue weighted by atomic mass is 9.87. The standard InChI is InChI=1S/C33H41N5O2/c1-6-10-31(39)35-29-13-9-12-28(34-29)26-19-15-24(16-20-26)11-8-14-30-36-38(32(40)37(30)7-2)23-25-17-21-27(22-18-25)33(3,4)5/h9,12-13,15-22H,6-8,10-11,14,23H2,1-5H3,(H,34,35,39). The molecule has 0 radical (unpaired) electrons. The van der Waals surface area contributed by atoms with Crippen molar-refractivity contribution in [3.05, 3.63) is 99.7 Å². The Hall–Kier alpha value is -4.00. The first kappa shape index (κ1) is 29.0. The molecule has 0 saturated heterocycles. The minimum Gasteiger partial charge on any atom is -0.311 e. The van der Waals surface area contributed by atoms with Gasteiger partial charge in [-0.05, 0) is 60.4 Å². The SMILES string of the molecule is CCCC(=O)Nc1cccc(-c2ccc(CCCc3nn(Cc4ccc(C(C)(C)C)cc4)c(=O)n3CC)cc2)n1. The largest absolute Gasteiger partial charge is 0.346 e. The van der Waals surface area contributed by atoms with Crippen LogP contribution in [-0.4, -0.2) is 25.2 Å². The molecular weight excluding hydrogens is 498 g/mol. The summed E-state index contributed by atoms with van der Waals surface area (Å²) in [4.78, 5) is 29.5. The average molecular weight is 540 g/mol. The predicted octanol–water partition coefficient (Wildman–Crippen LogP) is 6.39. The quantitative estimate of drug-likeness (QED) is 0.240. The van der Waals surface area contributed by atoms with E-state index in [9.17, 15) is 9.59 Å². The highest BCUT2D eigenvalue weighted by Gasteiger charge is 2.15. The maximum atomic E-state index is 13.0. The second-order valence-corrected chi connectivity index (χ2v) is 11.3. The van der Waals surface area contributed by atoms with Gasteiger partial charge in [0.1, 0.15) is 11.6 Å². The van der Waals surface area contributed by atoms with Crippen molar-refractivity contribution in [2.75, 3.05) is 5.32 Å². The van der Waals surface area contributed by atoms with E-state index in [1.807, 2.05) is 32.0 Å². The van der Waals surface area contributed by atoms with Gasteiger partial charge in [0.05, 0.1) is 12.2 Å². The molecule has 0 aliphatic heterocycles. The number of hydrogen-bond acceptors (Lipinski definition) is 4. The van der Waals surface area contributed by atoms with Crippen molar-refractivity contribution in [2.24, 2.45) is 0 Å². The van der Waals surface area contributed by atoms with Crippen molar-refractivity contribution < 1.29 is 4.79 Å². The zero-order valence-electron chi connectivity index (χ0n) is 24.4. The van der Waals surface area contributed by atoms with E-state index in [-0.39, 0.29) is 17.0 Å². The summed E-state index contributed by atoms with van der Waals surface area (Å²) in [6.07, 6.45) is 3.81. The zero-order valence-corrected chi connectivity index (χ0v) is 24.4. The number of pyridine rings is 1. The lowest BCUT2D eigenvalue weighted by Crippen LogP contribution is -2.25. The number of carbonyl (C=O) groups is 1. The summed E-state index contributed by atoms with van der Waals surface area (Å²) < 4.78 is 3.37. The van der Waals surface area contributed by atoms with E-state index in [1.165, 1.54) is 11.1 Å². The van der Waals surface area contributed by atoms with E-state index in [4.69, 9.17) is 5.10 Å². The van der Waals surface area contributed by atoms with Crippen LogP contribution in [0.1, 0.15) is 76.4 Å². The van der Waals surface area contributed by atoms with Crippen LogP contribution in [0.2, 0.25) is 0 Å². The fraction of sp³-hybridized carbons (Fsp3) is 0.394. The molecule has 0 atom stereocenters. The van der Waals surface area contributed by atoms with Crippen molar-refractivity contribution >= 4 is 11.7 Å². The van der Waals surface area contributed by atoms with E-state index in [1.54, 1.807) is 9.25 Å². The minimum atomic E-state index is -0.0534. The molecule has 1 N–H and O–H groups in total. The molecule has 2 aromatic heterocycles. The maximum Gasteiger partial charge on any atom is 0.346 e. The van der Waals surface area contributed by atoms with Gasteiger partial charge in [-0.1, -0.05) is 82.3 Å². The van der Waals surface area contributed by atoms with Crippen molar-refractivity contribution in [3.63, 3.8) is 0 Å². The van der Waals surface area contributed by atoms with E-state index in [0.717, 1.165) is 48.3 Å². The molecule has 2 aromatic carbocycles. The van der Waals surface area contributed by atoms with E-state index in [0.29, 0.717) is 25.3 Å². The van der Waals surface area contributed by atoms with Gasteiger partial charge in [-0.3, -0.25) is 9.36 Å². The van der Waals surface area contributed by atoms with Gasteiger partial charge in [-0.25, -0.2) is 14.5 Å². The van der Waals surface area contributed by atoms with Gasteiger partial charge < -0.3 is 5.32 Å². The van der Waals surface area contributed by atoms with Crippen molar-refractivity contribution in [1.82, 2.24) is 19.3 Å². The minimum absolute atomic E-state index is 0.0180. The molecule has 4 aromatic rings. The van der Waals surface area contributed by atoms with E-state index < -0.39 is 0 Å². The van der Waals surface area contributed by atoms with Crippen LogP contribution in [0.3, 0.4) is 0 Å². The van der Waals surface area contributed by atoms with Gasteiger partial charge in [0, 0.05) is 24.9 Å². The van der Waals surface area contributed by atoms with Gasteiger partial charge in [0.2, 0.25) is 5.91 Å². The molecule has 2 heterocycles. The third-order valence-corrected chi connectivity index (χ3v) is 7.08. The molecule has 0 aliphatic carbocycles. The van der Waals surface area contributed by atoms with E-state index >= 15 is 0 Å². The third kappa shape index (κ3) is 7.34. The topological polar surface area (TPSA) is 81.8 Å². The summed E-state index contributed by atoms with van der Waals surface area (Å²) in [5.41, 5.74) is 5.45. The molecule has 0 unspecified atom stereocenters. The summed E-state index contributed by atoms with van der Waals surface area (Å²) >= 11 is 0. The van der Waals surface area contributed by atoms with Crippen LogP contribution in [0, 0.1) is 0 Å². The molecule has 210 valence electrons. The van der Waals surface area contributed by atoms with Gasteiger partial charge >= 0.3 is 5.69 Å². The molecule has 0 spiro atoms. The molecule has 1 amide bonds. The van der Waals surface area contributed by atoms with Crippen LogP contribution in [0.25, 0.3) is 11.3 Å². The monoisotopic (exact) mass is 539 g/mol. The first-order chi connectivity index (χ1) is 19.2. The molecule has 4 rings (SSSR count). The number of carbonyl (C=O) groups excluding carboxylic acids is 1. The number of anilines is 1. The number of rotatable bonds is 11. The lowest BCUT2D eigenvalue weighted by Gasteiger charge is -2.19. The van der Waals surface area contributed by atoms with Crippen LogP contribution < -0.4 is 11.0 Å². The van der Waals surface area contributed by atoms with Crippen LogP contribution >= 0.6 is 0 Å². The Bertz CT molecular complexity index is 1480. The van der Waals surface area contributed by atoms with E-state index in [2.05, 4.69) is 79.6 Å². The number of hydrogen-bond donors (Lipinski definition) is 1. The highest BCUT2D eigenvalue weighted by atomic mass is 16.2. The van der Waals surface area contributed by atoms with Crippen molar-refractivity contribution in [3.8, 4) is 11.3 Å². The first-order valence-corrected chi connectivity index (χ1v) is 14.3. The Morgan fingerprint density at radius 2 is 1.60 bits per heavy atom. The Morgan fingerprint density at radius 3 is 2.25 bits per heavy atom. The number of aryl methyl sites for hydroxylation is 2. The number of aromatic nitrogens is 4. The molecule has 0 fully saturated rings. The smallest absolute Gasteiger partial charge is 0.311 e. The number of amides is 1. The molecule has 7 nitrogen and oxygen atoms in total. The highest BCUT2D eigenvalue weighted by molar-refractivity contribution is 5.89. The molecular formula is C33H41N5O2. The average Bonchev–Trinajstić information content (AvgIpc) is 3.22. The molecule has 40 heavy (non-hydrogen) atoms. The predicted molar refractivity (Wildman–Crippen MR) is 162 cm³/mol. The van der Waals surface area contributed by atoms with Gasteiger partial charge in [-0.15, -0.1) is 0 Å². The maximum absolute atomic E-state index is 13.0. The molecule has 0 aliphatic rings.